The smallest absolute Gasteiger partial charge is 0.257 e. The van der Waals surface area contributed by atoms with Gasteiger partial charge in [0.15, 0.2) is 5.78 Å². The van der Waals surface area contributed by atoms with Gasteiger partial charge < -0.3 is 10.2 Å². The van der Waals surface area contributed by atoms with Gasteiger partial charge in [0.05, 0.1) is 12.1 Å². The molecule has 0 bridgehead atoms. The number of para-hydroxylation sites is 1. The predicted molar refractivity (Wildman–Crippen MR) is 118 cm³/mol. The fourth-order valence-corrected chi connectivity index (χ4v) is 4.60. The highest BCUT2D eigenvalue weighted by atomic mass is 16.2. The van der Waals surface area contributed by atoms with Gasteiger partial charge in [-0.15, -0.1) is 0 Å². The van der Waals surface area contributed by atoms with Crippen molar-refractivity contribution in [3.63, 3.8) is 0 Å². The maximum absolute atomic E-state index is 13.2. The summed E-state index contributed by atoms with van der Waals surface area (Å²) in [5.74, 6) is 0.292. The Hall–Kier alpha value is -3.67. The summed E-state index contributed by atoms with van der Waals surface area (Å²) < 4.78 is 0. The largest absolute Gasteiger partial charge is 0.370 e. The average molecular weight is 413 g/mol. The van der Waals surface area contributed by atoms with Crippen LogP contribution in [0.15, 0.2) is 77.6 Å². The third kappa shape index (κ3) is 3.44. The highest BCUT2D eigenvalue weighted by molar-refractivity contribution is 6.22. The van der Waals surface area contributed by atoms with Crippen molar-refractivity contribution in [1.29, 1.82) is 0 Å². The van der Waals surface area contributed by atoms with Crippen molar-refractivity contribution in [3.8, 4) is 0 Å². The standard InChI is InChI=1S/C25H23N3O3/c29-22-16-21(25(31)28(22)19-9-5-2-6-10-19)27-14-13-26-24(27)20-12-11-18(23(20)30)15-17-7-3-1-4-8-17/h1-10,15,21,26H,11-14,16H2. The number of nitrogens with one attached hydrogen (secondary N) is 1. The number of benzene rings is 2. The van der Waals surface area contributed by atoms with E-state index in [9.17, 15) is 14.4 Å². The highest BCUT2D eigenvalue weighted by Crippen LogP contribution is 2.34. The van der Waals surface area contributed by atoms with Gasteiger partial charge in [-0.25, -0.2) is 4.90 Å². The maximum Gasteiger partial charge on any atom is 0.257 e. The molecule has 31 heavy (non-hydrogen) atoms. The first-order valence-electron chi connectivity index (χ1n) is 10.6. The number of imide groups is 1. The van der Waals surface area contributed by atoms with E-state index in [2.05, 4.69) is 5.32 Å². The van der Waals surface area contributed by atoms with Crippen LogP contribution in [0.3, 0.4) is 0 Å². The number of carbonyl (C=O) groups is 3. The number of Topliss-reactive ketones (excluding diaryl/α,β-unsaturated/α-hetero) is 1. The Labute approximate surface area is 180 Å². The Bertz CT molecular complexity index is 1110. The van der Waals surface area contributed by atoms with Crippen LogP contribution in [0.5, 0.6) is 0 Å². The summed E-state index contributed by atoms with van der Waals surface area (Å²) >= 11 is 0. The number of nitrogens with zero attached hydrogens (tertiary/aromatic N) is 2. The number of hydrogen-bond acceptors (Lipinski definition) is 5. The summed E-state index contributed by atoms with van der Waals surface area (Å²) in [5.41, 5.74) is 3.08. The maximum atomic E-state index is 13.2. The Morgan fingerprint density at radius 3 is 2.35 bits per heavy atom. The molecule has 1 saturated carbocycles. The van der Waals surface area contributed by atoms with Gasteiger partial charge in [-0.3, -0.25) is 14.4 Å². The molecule has 2 aliphatic heterocycles. The molecule has 2 aromatic rings. The molecular weight excluding hydrogens is 390 g/mol. The Balaban J connectivity index is 1.42. The van der Waals surface area contributed by atoms with E-state index < -0.39 is 6.04 Å². The average Bonchev–Trinajstić information content (AvgIpc) is 3.47. The number of hydrogen-bond donors (Lipinski definition) is 1. The van der Waals surface area contributed by atoms with E-state index in [-0.39, 0.29) is 24.0 Å². The Morgan fingerprint density at radius 2 is 1.61 bits per heavy atom. The highest BCUT2D eigenvalue weighted by Gasteiger charge is 2.45. The molecule has 2 heterocycles. The summed E-state index contributed by atoms with van der Waals surface area (Å²) in [5, 5.41) is 3.31. The van der Waals surface area contributed by atoms with Crippen molar-refractivity contribution in [2.45, 2.75) is 25.3 Å². The molecule has 5 rings (SSSR count). The summed E-state index contributed by atoms with van der Waals surface area (Å²) in [6.45, 7) is 1.24. The van der Waals surface area contributed by atoms with E-state index in [4.69, 9.17) is 0 Å². The minimum absolute atomic E-state index is 0.0231. The first-order chi connectivity index (χ1) is 15.1. The molecule has 2 amide bonds. The molecule has 1 atom stereocenters. The van der Waals surface area contributed by atoms with Crippen molar-refractivity contribution in [2.24, 2.45) is 0 Å². The van der Waals surface area contributed by atoms with E-state index in [1.165, 1.54) is 4.90 Å². The molecule has 2 aromatic carbocycles. The van der Waals surface area contributed by atoms with Crippen LogP contribution in [-0.4, -0.2) is 41.6 Å². The molecule has 6 heteroatoms. The third-order valence-corrected chi connectivity index (χ3v) is 6.08. The van der Waals surface area contributed by atoms with Crippen LogP contribution in [0.4, 0.5) is 5.69 Å². The molecule has 6 nitrogen and oxygen atoms in total. The van der Waals surface area contributed by atoms with Gasteiger partial charge in [0.1, 0.15) is 11.9 Å². The van der Waals surface area contributed by atoms with Gasteiger partial charge in [0.25, 0.3) is 5.91 Å². The lowest BCUT2D eigenvalue weighted by molar-refractivity contribution is -0.122. The van der Waals surface area contributed by atoms with Gasteiger partial charge in [0.2, 0.25) is 5.91 Å². The van der Waals surface area contributed by atoms with Crippen LogP contribution in [0, 0.1) is 0 Å². The Kier molecular flexibility index (Phi) is 4.90. The van der Waals surface area contributed by atoms with Crippen molar-refractivity contribution < 1.29 is 14.4 Å². The first kappa shape index (κ1) is 19.3. The summed E-state index contributed by atoms with van der Waals surface area (Å²) in [6, 6.07) is 18.2. The van der Waals surface area contributed by atoms with Gasteiger partial charge in [-0.1, -0.05) is 48.5 Å². The van der Waals surface area contributed by atoms with Gasteiger partial charge in [-0.2, -0.15) is 0 Å². The minimum atomic E-state index is -0.583. The first-order valence-corrected chi connectivity index (χ1v) is 10.6. The molecular formula is C25H23N3O3. The van der Waals surface area contributed by atoms with Crippen molar-refractivity contribution in [2.75, 3.05) is 18.0 Å². The number of ketones is 1. The van der Waals surface area contributed by atoms with Crippen molar-refractivity contribution in [1.82, 2.24) is 10.2 Å². The fourth-order valence-electron chi connectivity index (χ4n) is 4.60. The zero-order chi connectivity index (χ0) is 21.4. The number of amides is 2. The van der Waals surface area contributed by atoms with Gasteiger partial charge >= 0.3 is 0 Å². The molecule has 1 aliphatic carbocycles. The van der Waals surface area contributed by atoms with Crippen LogP contribution in [0.25, 0.3) is 6.08 Å². The van der Waals surface area contributed by atoms with E-state index in [0.717, 1.165) is 11.1 Å². The molecule has 1 N–H and O–H groups in total. The summed E-state index contributed by atoms with van der Waals surface area (Å²) in [4.78, 5) is 42.2. The number of carbonyl (C=O) groups excluding carboxylic acids is 3. The SMILES string of the molecule is O=C1C(=Cc2ccccc2)CCC1=C1NCCN1C1CC(=O)N(c2ccccc2)C1=O. The molecule has 0 spiro atoms. The van der Waals surface area contributed by atoms with Crippen LogP contribution in [0.1, 0.15) is 24.8 Å². The third-order valence-electron chi connectivity index (χ3n) is 6.08. The molecule has 0 radical (unpaired) electrons. The predicted octanol–water partition coefficient (Wildman–Crippen LogP) is 2.88. The fraction of sp³-hybridized carbons (Fsp3) is 0.240. The second-order valence-electron chi connectivity index (χ2n) is 7.98. The minimum Gasteiger partial charge on any atom is -0.370 e. The van der Waals surface area contributed by atoms with Gasteiger partial charge in [-0.05, 0) is 36.6 Å². The molecule has 2 saturated heterocycles. The lowest BCUT2D eigenvalue weighted by Gasteiger charge is -2.26. The van der Waals surface area contributed by atoms with Crippen molar-refractivity contribution >= 4 is 29.4 Å². The van der Waals surface area contributed by atoms with Crippen LogP contribution >= 0.6 is 0 Å². The van der Waals surface area contributed by atoms with E-state index in [1.807, 2.05) is 59.5 Å². The molecule has 156 valence electrons. The quantitative estimate of drug-likeness (QED) is 0.619. The monoisotopic (exact) mass is 413 g/mol. The van der Waals surface area contributed by atoms with E-state index >= 15 is 0 Å². The molecule has 1 unspecified atom stereocenters. The lowest BCUT2D eigenvalue weighted by Crippen LogP contribution is -2.41. The second-order valence-corrected chi connectivity index (χ2v) is 7.98. The number of allylic oxidation sites excluding steroid dienone is 2. The molecule has 3 aliphatic rings. The lowest BCUT2D eigenvalue weighted by atomic mass is 10.1. The normalized spacial score (nSPS) is 25.1. The van der Waals surface area contributed by atoms with Crippen LogP contribution in [0.2, 0.25) is 0 Å². The van der Waals surface area contributed by atoms with Gasteiger partial charge in [0, 0.05) is 24.2 Å². The molecule has 0 aromatic heterocycles. The summed E-state index contributed by atoms with van der Waals surface area (Å²) in [7, 11) is 0. The second kappa shape index (κ2) is 7.87. The Morgan fingerprint density at radius 1 is 0.903 bits per heavy atom. The zero-order valence-corrected chi connectivity index (χ0v) is 17.1. The number of anilines is 1. The summed E-state index contributed by atoms with van der Waals surface area (Å²) in [6.07, 6.45) is 3.37. The van der Waals surface area contributed by atoms with Crippen LogP contribution < -0.4 is 10.2 Å². The zero-order valence-electron chi connectivity index (χ0n) is 17.1. The topological polar surface area (TPSA) is 69.7 Å². The number of rotatable bonds is 3. The molecule has 3 fully saturated rings. The van der Waals surface area contributed by atoms with E-state index in [0.29, 0.717) is 43.0 Å². The van der Waals surface area contributed by atoms with Crippen molar-refractivity contribution in [3.05, 3.63) is 83.2 Å². The van der Waals surface area contributed by atoms with Crippen LogP contribution in [-0.2, 0) is 14.4 Å². The van der Waals surface area contributed by atoms with E-state index in [1.54, 1.807) is 12.1 Å².